The maximum absolute atomic E-state index is 13.7. The molecule has 2 fully saturated rings. The maximum Gasteiger partial charge on any atom is 0.255 e. The molecule has 2 aliphatic carbocycles. The van der Waals surface area contributed by atoms with Crippen LogP contribution >= 0.6 is 11.6 Å². The van der Waals surface area contributed by atoms with Gasteiger partial charge in [-0.25, -0.2) is 0 Å². The van der Waals surface area contributed by atoms with E-state index in [0.717, 1.165) is 55.3 Å². The third kappa shape index (κ3) is 10.7. The van der Waals surface area contributed by atoms with Crippen molar-refractivity contribution in [3.8, 4) is 0 Å². The number of fused-ring (bicyclic) bond motifs is 2. The van der Waals surface area contributed by atoms with Crippen molar-refractivity contribution in [1.29, 1.82) is 0 Å². The van der Waals surface area contributed by atoms with Gasteiger partial charge in [-0.15, -0.1) is 0 Å². The first-order chi connectivity index (χ1) is 29.8. The van der Waals surface area contributed by atoms with E-state index in [-0.39, 0.29) is 59.6 Å². The molecule has 0 bridgehead atoms. The van der Waals surface area contributed by atoms with Crippen LogP contribution in [0, 0.1) is 0 Å². The molecule has 63 heavy (non-hydrogen) atoms. The number of anilines is 2. The second-order valence-corrected chi connectivity index (χ2v) is 19.8. The van der Waals surface area contributed by atoms with Crippen LogP contribution in [0.1, 0.15) is 178 Å². The van der Waals surface area contributed by atoms with Gasteiger partial charge in [-0.1, -0.05) is 70.0 Å². The molecule has 0 unspecified atom stereocenters. The van der Waals surface area contributed by atoms with Crippen LogP contribution in [0.15, 0.2) is 30.3 Å². The molecule has 6 amide bonds. The summed E-state index contributed by atoms with van der Waals surface area (Å²) in [5, 5.41) is 6.06. The van der Waals surface area contributed by atoms with Gasteiger partial charge in [0.2, 0.25) is 23.6 Å². The number of nitrogens with one attached hydrogen (secondary N) is 2. The van der Waals surface area contributed by atoms with Gasteiger partial charge in [-0.05, 0) is 116 Å². The number of halogens is 1. The first-order valence-electron chi connectivity index (χ1n) is 23.6. The van der Waals surface area contributed by atoms with Crippen LogP contribution in [0.25, 0.3) is 0 Å². The fourth-order valence-electron chi connectivity index (χ4n) is 9.95. The van der Waals surface area contributed by atoms with Gasteiger partial charge in [-0.2, -0.15) is 0 Å². The Labute approximate surface area is 381 Å². The van der Waals surface area contributed by atoms with Crippen LogP contribution in [0.2, 0.25) is 5.02 Å². The average Bonchev–Trinajstić information content (AvgIpc) is 3.56. The minimum absolute atomic E-state index is 0.00541. The van der Waals surface area contributed by atoms with Gasteiger partial charge in [-0.3, -0.25) is 28.8 Å². The highest BCUT2D eigenvalue weighted by molar-refractivity contribution is 6.34. The summed E-state index contributed by atoms with van der Waals surface area (Å²) in [6.45, 7) is 20.9. The lowest BCUT2D eigenvalue weighted by Crippen LogP contribution is -2.46. The number of rotatable bonds is 14. The molecule has 0 atom stereocenters. The Morgan fingerprint density at radius 3 is 1.52 bits per heavy atom. The average molecular weight is 890 g/mol. The number of nitrogens with zero attached hydrogens (tertiary/aromatic N) is 4. The number of benzene rings is 2. The van der Waals surface area contributed by atoms with Crippen molar-refractivity contribution in [3.05, 3.63) is 57.6 Å². The predicted octanol–water partition coefficient (Wildman–Crippen LogP) is 8.69. The molecule has 2 N–H and O–H groups in total. The molecule has 12 nitrogen and oxygen atoms in total. The molecule has 2 saturated carbocycles. The Bertz CT molecular complexity index is 2020. The van der Waals surface area contributed by atoms with Crippen LogP contribution in [0.5, 0.6) is 0 Å². The van der Waals surface area contributed by atoms with Crippen molar-refractivity contribution in [3.63, 3.8) is 0 Å². The van der Waals surface area contributed by atoms with E-state index in [1.165, 1.54) is 25.7 Å². The van der Waals surface area contributed by atoms with Crippen molar-refractivity contribution in [2.45, 2.75) is 181 Å². The maximum atomic E-state index is 13.7. The van der Waals surface area contributed by atoms with E-state index in [0.29, 0.717) is 60.9 Å². The Hall–Kier alpha value is -4.45. The number of hydrogen-bond donors (Lipinski definition) is 2. The summed E-state index contributed by atoms with van der Waals surface area (Å²) in [6, 6.07) is 9.95. The van der Waals surface area contributed by atoms with Gasteiger partial charge >= 0.3 is 0 Å². The summed E-state index contributed by atoms with van der Waals surface area (Å²) < 4.78 is 0. The van der Waals surface area contributed by atoms with Crippen molar-refractivity contribution in [2.75, 3.05) is 36.0 Å². The fraction of sp³-hybridized carbons (Fsp3) is 0.640. The molecule has 2 aromatic rings. The summed E-state index contributed by atoms with van der Waals surface area (Å²) >= 11 is 6.64. The molecule has 346 valence electrons. The largest absolute Gasteiger partial charge is 0.354 e. The smallest absolute Gasteiger partial charge is 0.255 e. The zero-order chi connectivity index (χ0) is 46.4. The summed E-state index contributed by atoms with van der Waals surface area (Å²) in [5.74, 6) is -0.159. The van der Waals surface area contributed by atoms with Gasteiger partial charge < -0.3 is 30.2 Å². The first kappa shape index (κ1) is 49.6. The summed E-state index contributed by atoms with van der Waals surface area (Å²) in [7, 11) is 0. The number of amides is 6. The van der Waals surface area contributed by atoms with Crippen LogP contribution < -0.4 is 20.4 Å². The highest BCUT2D eigenvalue weighted by atomic mass is 35.5. The minimum atomic E-state index is -0.740. The molecular weight excluding hydrogens is 816 g/mol. The Balaban J connectivity index is 0.000000238. The summed E-state index contributed by atoms with van der Waals surface area (Å²) in [5.41, 5.74) is 2.95. The molecule has 2 aliphatic heterocycles. The number of carbonyl (C=O) groups is 6. The van der Waals surface area contributed by atoms with E-state index >= 15 is 0 Å². The lowest BCUT2D eigenvalue weighted by Gasteiger charge is -2.37. The Morgan fingerprint density at radius 1 is 0.651 bits per heavy atom. The van der Waals surface area contributed by atoms with Crippen molar-refractivity contribution in [2.24, 2.45) is 0 Å². The fourth-order valence-corrected chi connectivity index (χ4v) is 10.2. The highest BCUT2D eigenvalue weighted by Crippen LogP contribution is 2.45. The lowest BCUT2D eigenvalue weighted by atomic mass is 9.85. The predicted molar refractivity (Wildman–Crippen MR) is 252 cm³/mol. The molecule has 4 aliphatic rings. The van der Waals surface area contributed by atoms with Gasteiger partial charge in [0.15, 0.2) is 0 Å². The van der Waals surface area contributed by atoms with E-state index in [9.17, 15) is 28.8 Å². The van der Waals surface area contributed by atoms with Crippen LogP contribution in [0.4, 0.5) is 11.4 Å². The Morgan fingerprint density at radius 2 is 1.08 bits per heavy atom. The van der Waals surface area contributed by atoms with Gasteiger partial charge in [0.25, 0.3) is 11.8 Å². The van der Waals surface area contributed by atoms with E-state index in [1.54, 1.807) is 35.8 Å². The van der Waals surface area contributed by atoms with E-state index in [4.69, 9.17) is 11.6 Å². The molecule has 2 heterocycles. The zero-order valence-corrected chi connectivity index (χ0v) is 40.4. The van der Waals surface area contributed by atoms with Crippen molar-refractivity contribution < 1.29 is 28.8 Å². The standard InChI is InChI=1S/C25H36ClN3O3.C25H37N3O3/c1-6-22(30)27-12-13-28-21-14-18(20(26)15-19(21)25(4,5)24(28)32)23(31)29(16(2)3)17-10-8-7-9-11-17;1-6-22(29)26-14-15-27-21-16-18(12-13-20(21)25(4,5)24(27)31)23(30)28(17(2)3)19-10-8-7-9-11-19/h14-17H,6-13H2,1-5H3,(H,27,30);12-13,16-17,19H,6-11,14-15H2,1-5H3,(H,26,29). The second-order valence-electron chi connectivity index (χ2n) is 19.3. The van der Waals surface area contributed by atoms with Gasteiger partial charge in [0.1, 0.15) is 0 Å². The van der Waals surface area contributed by atoms with Crippen LogP contribution in [-0.4, -0.2) is 95.6 Å². The van der Waals surface area contributed by atoms with Crippen LogP contribution in [0.3, 0.4) is 0 Å². The molecule has 6 rings (SSSR count). The zero-order valence-electron chi connectivity index (χ0n) is 39.6. The molecule has 2 aromatic carbocycles. The Kier molecular flexibility index (Phi) is 16.5. The molecule has 0 aromatic heterocycles. The molecule has 0 spiro atoms. The topological polar surface area (TPSA) is 139 Å². The number of hydrogen-bond acceptors (Lipinski definition) is 6. The first-order valence-corrected chi connectivity index (χ1v) is 24.0. The summed E-state index contributed by atoms with van der Waals surface area (Å²) in [4.78, 5) is 84.2. The minimum Gasteiger partial charge on any atom is -0.354 e. The third-order valence-corrected chi connectivity index (χ3v) is 13.8. The van der Waals surface area contributed by atoms with Crippen molar-refractivity contribution in [1.82, 2.24) is 20.4 Å². The molecule has 13 heteroatoms. The van der Waals surface area contributed by atoms with E-state index in [1.807, 2.05) is 69.5 Å². The van der Waals surface area contributed by atoms with E-state index < -0.39 is 10.8 Å². The highest BCUT2D eigenvalue weighted by Gasteiger charge is 2.46. The van der Waals surface area contributed by atoms with Gasteiger partial charge in [0.05, 0.1) is 21.4 Å². The van der Waals surface area contributed by atoms with E-state index in [2.05, 4.69) is 24.5 Å². The monoisotopic (exact) mass is 889 g/mol. The number of carbonyl (C=O) groups excluding carboxylic acids is 6. The lowest BCUT2D eigenvalue weighted by molar-refractivity contribution is -0.123. The summed E-state index contributed by atoms with van der Waals surface area (Å²) in [6.07, 6.45) is 12.1. The normalized spacial score (nSPS) is 18.2. The molecule has 0 saturated heterocycles. The quantitative estimate of drug-likeness (QED) is 0.195. The van der Waals surface area contributed by atoms with Gasteiger partial charge in [0, 0.05) is 80.1 Å². The second kappa shape index (κ2) is 21.0. The SMILES string of the molecule is CCC(=O)NCCN1C(=O)C(C)(C)c2cc(Cl)c(C(=O)N(C(C)C)C3CCCCC3)cc21.CCC(=O)NCCN1C(=O)C(C)(C)c2ccc(C(=O)N(C(C)C)C3CCCCC3)cc21. The molecular formula is C50H73ClN6O6. The third-order valence-electron chi connectivity index (χ3n) is 13.5. The van der Waals surface area contributed by atoms with Crippen LogP contribution in [-0.2, 0) is 30.0 Å². The van der Waals surface area contributed by atoms with Crippen molar-refractivity contribution >= 4 is 58.4 Å². The molecule has 0 radical (unpaired) electrons.